The van der Waals surface area contributed by atoms with Crippen molar-refractivity contribution in [2.24, 2.45) is 5.92 Å². The Morgan fingerprint density at radius 2 is 1.75 bits per heavy atom. The standard InChI is InChI=1S/C14H31NO/c1-4-5-6-7-12-16-13-11-15-10-8-9-14(2)3/h14-15H,4-13H2,1-3H3. The molecule has 0 saturated carbocycles. The molecule has 0 fully saturated rings. The summed E-state index contributed by atoms with van der Waals surface area (Å²) >= 11 is 0. The van der Waals surface area contributed by atoms with E-state index in [0.717, 1.165) is 32.2 Å². The van der Waals surface area contributed by atoms with E-state index < -0.39 is 0 Å². The summed E-state index contributed by atoms with van der Waals surface area (Å²) in [5, 5.41) is 3.42. The highest BCUT2D eigenvalue weighted by Crippen LogP contribution is 2.01. The summed E-state index contributed by atoms with van der Waals surface area (Å²) in [7, 11) is 0. The molecular formula is C14H31NO. The van der Waals surface area contributed by atoms with Gasteiger partial charge < -0.3 is 10.1 Å². The van der Waals surface area contributed by atoms with Crippen LogP contribution in [0.25, 0.3) is 0 Å². The molecule has 0 aromatic carbocycles. The number of hydrogen-bond donors (Lipinski definition) is 1. The maximum atomic E-state index is 5.55. The van der Waals surface area contributed by atoms with Gasteiger partial charge in [0.2, 0.25) is 0 Å². The van der Waals surface area contributed by atoms with E-state index in [1.54, 1.807) is 0 Å². The van der Waals surface area contributed by atoms with Gasteiger partial charge in [0, 0.05) is 13.2 Å². The van der Waals surface area contributed by atoms with E-state index in [1.165, 1.54) is 38.5 Å². The van der Waals surface area contributed by atoms with Crippen LogP contribution < -0.4 is 5.32 Å². The first-order valence-electron chi connectivity index (χ1n) is 7.05. The van der Waals surface area contributed by atoms with Gasteiger partial charge in [-0.15, -0.1) is 0 Å². The van der Waals surface area contributed by atoms with E-state index >= 15 is 0 Å². The van der Waals surface area contributed by atoms with E-state index in [4.69, 9.17) is 4.74 Å². The van der Waals surface area contributed by atoms with E-state index in [9.17, 15) is 0 Å². The van der Waals surface area contributed by atoms with Gasteiger partial charge in [0.1, 0.15) is 0 Å². The molecule has 0 aliphatic rings. The first-order valence-corrected chi connectivity index (χ1v) is 7.05. The van der Waals surface area contributed by atoms with Gasteiger partial charge in [0.25, 0.3) is 0 Å². The van der Waals surface area contributed by atoms with Crippen molar-refractivity contribution in [3.8, 4) is 0 Å². The predicted octanol–water partition coefficient (Wildman–Crippen LogP) is 3.61. The van der Waals surface area contributed by atoms with Crippen LogP contribution in [0.1, 0.15) is 59.3 Å². The summed E-state index contributed by atoms with van der Waals surface area (Å²) in [6.07, 6.45) is 7.80. The smallest absolute Gasteiger partial charge is 0.0590 e. The highest BCUT2D eigenvalue weighted by atomic mass is 16.5. The molecule has 2 heteroatoms. The molecule has 0 heterocycles. The highest BCUT2D eigenvalue weighted by molar-refractivity contribution is 4.50. The van der Waals surface area contributed by atoms with E-state index in [-0.39, 0.29) is 0 Å². The van der Waals surface area contributed by atoms with Crippen LogP contribution in [0.2, 0.25) is 0 Å². The highest BCUT2D eigenvalue weighted by Gasteiger charge is 1.93. The second kappa shape index (κ2) is 13.0. The topological polar surface area (TPSA) is 21.3 Å². The van der Waals surface area contributed by atoms with Gasteiger partial charge in [0.05, 0.1) is 6.61 Å². The van der Waals surface area contributed by atoms with Crippen LogP contribution in [0.15, 0.2) is 0 Å². The summed E-state index contributed by atoms with van der Waals surface area (Å²) in [4.78, 5) is 0. The van der Waals surface area contributed by atoms with E-state index in [2.05, 4.69) is 26.1 Å². The summed E-state index contributed by atoms with van der Waals surface area (Å²) < 4.78 is 5.55. The number of unbranched alkanes of at least 4 members (excludes halogenated alkanes) is 3. The lowest BCUT2D eigenvalue weighted by Gasteiger charge is -2.07. The predicted molar refractivity (Wildman–Crippen MR) is 71.9 cm³/mol. The van der Waals surface area contributed by atoms with Crippen LogP contribution in [0, 0.1) is 5.92 Å². The van der Waals surface area contributed by atoms with Crippen LogP contribution >= 0.6 is 0 Å². The monoisotopic (exact) mass is 229 g/mol. The molecule has 0 radical (unpaired) electrons. The summed E-state index contributed by atoms with van der Waals surface area (Å²) in [5.74, 6) is 0.830. The third kappa shape index (κ3) is 13.9. The Hall–Kier alpha value is -0.0800. The van der Waals surface area contributed by atoms with Gasteiger partial charge >= 0.3 is 0 Å². The molecule has 0 amide bonds. The average molecular weight is 229 g/mol. The van der Waals surface area contributed by atoms with Crippen molar-refractivity contribution in [3.63, 3.8) is 0 Å². The van der Waals surface area contributed by atoms with Crippen molar-refractivity contribution in [1.29, 1.82) is 0 Å². The van der Waals surface area contributed by atoms with Crippen LogP contribution in [0.4, 0.5) is 0 Å². The molecule has 0 unspecified atom stereocenters. The lowest BCUT2D eigenvalue weighted by atomic mass is 10.1. The second-order valence-electron chi connectivity index (χ2n) is 4.96. The summed E-state index contributed by atoms with van der Waals surface area (Å²) in [6, 6.07) is 0. The van der Waals surface area contributed by atoms with Crippen molar-refractivity contribution in [2.45, 2.75) is 59.3 Å². The zero-order valence-corrected chi connectivity index (χ0v) is 11.6. The second-order valence-corrected chi connectivity index (χ2v) is 4.96. The van der Waals surface area contributed by atoms with Crippen molar-refractivity contribution in [2.75, 3.05) is 26.3 Å². The van der Waals surface area contributed by atoms with E-state index in [0.29, 0.717) is 0 Å². The molecule has 1 N–H and O–H groups in total. The van der Waals surface area contributed by atoms with Gasteiger partial charge in [-0.05, 0) is 31.7 Å². The minimum absolute atomic E-state index is 0.830. The SMILES string of the molecule is CCCCCCOCCNCCCC(C)C. The maximum Gasteiger partial charge on any atom is 0.0590 e. The number of nitrogens with one attached hydrogen (secondary N) is 1. The molecule has 0 aromatic rings. The van der Waals surface area contributed by atoms with Crippen LogP contribution in [0.5, 0.6) is 0 Å². The maximum absolute atomic E-state index is 5.55. The van der Waals surface area contributed by atoms with Gasteiger partial charge in [-0.3, -0.25) is 0 Å². The third-order valence-corrected chi connectivity index (χ3v) is 2.70. The first kappa shape index (κ1) is 15.9. The van der Waals surface area contributed by atoms with Crippen LogP contribution in [-0.2, 0) is 4.74 Å². The molecule has 0 bridgehead atoms. The molecule has 16 heavy (non-hydrogen) atoms. The minimum atomic E-state index is 0.830. The molecule has 0 rings (SSSR count). The largest absolute Gasteiger partial charge is 0.380 e. The summed E-state index contributed by atoms with van der Waals surface area (Å²) in [5.41, 5.74) is 0. The van der Waals surface area contributed by atoms with E-state index in [1.807, 2.05) is 0 Å². The van der Waals surface area contributed by atoms with Crippen molar-refractivity contribution < 1.29 is 4.74 Å². The Balaban J connectivity index is 2.88. The quantitative estimate of drug-likeness (QED) is 0.516. The lowest BCUT2D eigenvalue weighted by molar-refractivity contribution is 0.131. The molecule has 98 valence electrons. The van der Waals surface area contributed by atoms with Crippen LogP contribution in [-0.4, -0.2) is 26.3 Å². The Morgan fingerprint density at radius 1 is 0.938 bits per heavy atom. The molecule has 0 aliphatic heterocycles. The van der Waals surface area contributed by atoms with Gasteiger partial charge in [0.15, 0.2) is 0 Å². The minimum Gasteiger partial charge on any atom is -0.380 e. The zero-order valence-electron chi connectivity index (χ0n) is 11.6. The normalized spacial score (nSPS) is 11.2. The fraction of sp³-hybridized carbons (Fsp3) is 1.00. The number of hydrogen-bond acceptors (Lipinski definition) is 2. The molecular weight excluding hydrogens is 198 g/mol. The fourth-order valence-corrected chi connectivity index (χ4v) is 1.64. The Bertz CT molecular complexity index is 126. The van der Waals surface area contributed by atoms with Crippen LogP contribution in [0.3, 0.4) is 0 Å². The summed E-state index contributed by atoms with van der Waals surface area (Å²) in [6.45, 7) is 10.7. The Kier molecular flexibility index (Phi) is 12.9. The van der Waals surface area contributed by atoms with Gasteiger partial charge in [-0.25, -0.2) is 0 Å². The zero-order chi connectivity index (χ0) is 12.1. The fourth-order valence-electron chi connectivity index (χ4n) is 1.64. The average Bonchev–Trinajstić information content (AvgIpc) is 2.25. The molecule has 0 aliphatic carbocycles. The molecule has 0 aromatic heterocycles. The lowest BCUT2D eigenvalue weighted by Crippen LogP contribution is -2.21. The Morgan fingerprint density at radius 3 is 2.44 bits per heavy atom. The van der Waals surface area contributed by atoms with Gasteiger partial charge in [-0.2, -0.15) is 0 Å². The number of rotatable bonds is 12. The molecule has 0 saturated heterocycles. The molecule has 0 atom stereocenters. The Labute approximate surface area is 102 Å². The number of ether oxygens (including phenoxy) is 1. The van der Waals surface area contributed by atoms with Crippen molar-refractivity contribution in [1.82, 2.24) is 5.32 Å². The first-order chi connectivity index (χ1) is 7.77. The van der Waals surface area contributed by atoms with Crippen molar-refractivity contribution in [3.05, 3.63) is 0 Å². The third-order valence-electron chi connectivity index (χ3n) is 2.70. The molecule has 2 nitrogen and oxygen atoms in total. The van der Waals surface area contributed by atoms with Crippen molar-refractivity contribution >= 4 is 0 Å². The van der Waals surface area contributed by atoms with Gasteiger partial charge in [-0.1, -0.05) is 40.0 Å². The molecule has 0 spiro atoms.